The van der Waals surface area contributed by atoms with Crippen LogP contribution in [0.15, 0.2) is 24.3 Å². The summed E-state index contributed by atoms with van der Waals surface area (Å²) in [5.41, 5.74) is 6.62. The Kier molecular flexibility index (Phi) is 3.88. The number of carbonyl (C=O) groups excluding carboxylic acids is 2. The maximum atomic E-state index is 11.6. The van der Waals surface area contributed by atoms with E-state index < -0.39 is 18.0 Å². The van der Waals surface area contributed by atoms with Crippen molar-refractivity contribution in [2.24, 2.45) is 0 Å². The lowest BCUT2D eigenvalue weighted by atomic mass is 10.2. The lowest BCUT2D eigenvalue weighted by Crippen LogP contribution is -2.29. The molecule has 0 aliphatic rings. The van der Waals surface area contributed by atoms with E-state index in [9.17, 15) is 9.59 Å². The monoisotopic (exact) mass is 222 g/mol. The molecule has 1 amide bonds. The molecule has 86 valence electrons. The Bertz CT molecular complexity index is 404. The number of carbonyl (C=O) groups is 2. The molecule has 0 aliphatic carbocycles. The minimum absolute atomic E-state index is 0.409. The number of nitrogens with one attached hydrogen (secondary N) is 1. The van der Waals surface area contributed by atoms with Crippen LogP contribution in [0.1, 0.15) is 13.8 Å². The Morgan fingerprint density at radius 1 is 1.38 bits per heavy atom. The highest BCUT2D eigenvalue weighted by Crippen LogP contribution is 2.16. The van der Waals surface area contributed by atoms with Gasteiger partial charge in [0.25, 0.3) is 5.91 Å². The number of nitrogens with two attached hydrogens (primary N) is 1. The molecule has 0 spiro atoms. The third-order valence-electron chi connectivity index (χ3n) is 1.93. The van der Waals surface area contributed by atoms with Crippen molar-refractivity contribution in [2.45, 2.75) is 20.0 Å². The summed E-state index contributed by atoms with van der Waals surface area (Å²) in [6.45, 7) is 2.75. The first-order chi connectivity index (χ1) is 7.50. The molecule has 0 aromatic heterocycles. The molecule has 1 rings (SSSR count). The van der Waals surface area contributed by atoms with Crippen LogP contribution in [0.2, 0.25) is 0 Å². The molecule has 5 heteroatoms. The Hall–Kier alpha value is -2.04. The van der Waals surface area contributed by atoms with Gasteiger partial charge in [-0.1, -0.05) is 12.1 Å². The van der Waals surface area contributed by atoms with Crippen LogP contribution in [-0.2, 0) is 14.3 Å². The number of ether oxygens (including phenoxy) is 1. The van der Waals surface area contributed by atoms with Gasteiger partial charge in [0, 0.05) is 6.92 Å². The second-order valence-corrected chi connectivity index (χ2v) is 3.33. The molecule has 5 nitrogen and oxygen atoms in total. The highest BCUT2D eigenvalue weighted by Gasteiger charge is 2.16. The predicted octanol–water partition coefficient (Wildman–Crippen LogP) is 1.16. The van der Waals surface area contributed by atoms with Crippen LogP contribution < -0.4 is 11.1 Å². The summed E-state index contributed by atoms with van der Waals surface area (Å²) in [5.74, 6) is -0.906. The van der Waals surface area contributed by atoms with E-state index in [0.29, 0.717) is 11.4 Å². The van der Waals surface area contributed by atoms with Crippen molar-refractivity contribution in [3.63, 3.8) is 0 Å². The number of amides is 1. The van der Waals surface area contributed by atoms with Crippen molar-refractivity contribution in [1.82, 2.24) is 0 Å². The minimum Gasteiger partial charge on any atom is -0.453 e. The van der Waals surface area contributed by atoms with E-state index in [1.54, 1.807) is 24.3 Å². The van der Waals surface area contributed by atoms with Crippen LogP contribution in [0, 0.1) is 0 Å². The smallest absolute Gasteiger partial charge is 0.303 e. The van der Waals surface area contributed by atoms with Crippen LogP contribution in [0.4, 0.5) is 11.4 Å². The number of anilines is 2. The molecule has 0 bridgehead atoms. The Balaban J connectivity index is 2.64. The number of hydrogen-bond donors (Lipinski definition) is 2. The van der Waals surface area contributed by atoms with Crippen molar-refractivity contribution >= 4 is 23.3 Å². The third kappa shape index (κ3) is 3.27. The highest BCUT2D eigenvalue weighted by atomic mass is 16.5. The predicted molar refractivity (Wildman–Crippen MR) is 60.7 cm³/mol. The van der Waals surface area contributed by atoms with Crippen LogP contribution in [0.5, 0.6) is 0 Å². The fraction of sp³-hybridized carbons (Fsp3) is 0.273. The Labute approximate surface area is 93.6 Å². The maximum Gasteiger partial charge on any atom is 0.303 e. The molecule has 1 aromatic rings. The molecule has 1 atom stereocenters. The topological polar surface area (TPSA) is 81.4 Å². The molecule has 16 heavy (non-hydrogen) atoms. The van der Waals surface area contributed by atoms with Gasteiger partial charge in [0.05, 0.1) is 11.4 Å². The van der Waals surface area contributed by atoms with Gasteiger partial charge in [-0.2, -0.15) is 0 Å². The molecule has 0 heterocycles. The summed E-state index contributed by atoms with van der Waals surface area (Å²) in [6.07, 6.45) is -0.836. The van der Waals surface area contributed by atoms with Crippen LogP contribution >= 0.6 is 0 Å². The summed E-state index contributed by atoms with van der Waals surface area (Å²) < 4.78 is 4.73. The maximum absolute atomic E-state index is 11.6. The Morgan fingerprint density at radius 3 is 2.56 bits per heavy atom. The standard InChI is InChI=1S/C11H14N2O3/c1-7(16-8(2)14)11(15)13-10-6-4-3-5-9(10)12/h3-7H,12H2,1-2H3,(H,13,15). The van der Waals surface area contributed by atoms with Gasteiger partial charge >= 0.3 is 5.97 Å². The number of benzene rings is 1. The van der Waals surface area contributed by atoms with E-state index in [2.05, 4.69) is 5.32 Å². The zero-order valence-corrected chi connectivity index (χ0v) is 9.19. The number of rotatable bonds is 3. The van der Waals surface area contributed by atoms with E-state index >= 15 is 0 Å². The molecule has 1 unspecified atom stereocenters. The van der Waals surface area contributed by atoms with Crippen molar-refractivity contribution < 1.29 is 14.3 Å². The van der Waals surface area contributed by atoms with Gasteiger partial charge in [0.2, 0.25) is 0 Å². The second kappa shape index (κ2) is 5.16. The van der Waals surface area contributed by atoms with Crippen molar-refractivity contribution in [1.29, 1.82) is 0 Å². The summed E-state index contributed by atoms with van der Waals surface area (Å²) in [5, 5.41) is 2.57. The number of para-hydroxylation sites is 2. The van der Waals surface area contributed by atoms with Crippen molar-refractivity contribution in [3.8, 4) is 0 Å². The van der Waals surface area contributed by atoms with E-state index in [1.165, 1.54) is 13.8 Å². The van der Waals surface area contributed by atoms with Crippen LogP contribution in [0.3, 0.4) is 0 Å². The van der Waals surface area contributed by atoms with Crippen LogP contribution in [-0.4, -0.2) is 18.0 Å². The zero-order valence-electron chi connectivity index (χ0n) is 9.19. The molecule has 0 aliphatic heterocycles. The van der Waals surface area contributed by atoms with Crippen molar-refractivity contribution in [2.75, 3.05) is 11.1 Å². The average Bonchev–Trinajstić information content (AvgIpc) is 2.20. The van der Waals surface area contributed by atoms with Gasteiger partial charge in [-0.25, -0.2) is 0 Å². The summed E-state index contributed by atoms with van der Waals surface area (Å²) in [4.78, 5) is 22.2. The fourth-order valence-corrected chi connectivity index (χ4v) is 1.15. The molecule has 1 aromatic carbocycles. The number of hydrogen-bond acceptors (Lipinski definition) is 4. The SMILES string of the molecule is CC(=O)OC(C)C(=O)Nc1ccccc1N. The molecule has 0 radical (unpaired) electrons. The Morgan fingerprint density at radius 2 is 2.00 bits per heavy atom. The fourth-order valence-electron chi connectivity index (χ4n) is 1.15. The van der Waals surface area contributed by atoms with Gasteiger partial charge in [-0.15, -0.1) is 0 Å². The molecular formula is C11H14N2O3. The normalized spacial score (nSPS) is 11.6. The van der Waals surface area contributed by atoms with E-state index in [4.69, 9.17) is 10.5 Å². The molecular weight excluding hydrogens is 208 g/mol. The van der Waals surface area contributed by atoms with E-state index in [-0.39, 0.29) is 0 Å². The first kappa shape index (κ1) is 12.0. The number of nitrogen functional groups attached to an aromatic ring is 1. The van der Waals surface area contributed by atoms with Crippen LogP contribution in [0.25, 0.3) is 0 Å². The van der Waals surface area contributed by atoms with Gasteiger partial charge in [0.15, 0.2) is 6.10 Å². The summed E-state index contributed by atoms with van der Waals surface area (Å²) in [6, 6.07) is 6.86. The minimum atomic E-state index is -0.836. The molecule has 0 fully saturated rings. The molecule has 0 saturated heterocycles. The zero-order chi connectivity index (χ0) is 12.1. The van der Waals surface area contributed by atoms with E-state index in [0.717, 1.165) is 0 Å². The largest absolute Gasteiger partial charge is 0.453 e. The highest BCUT2D eigenvalue weighted by molar-refractivity contribution is 5.97. The van der Waals surface area contributed by atoms with Gasteiger partial charge in [-0.3, -0.25) is 9.59 Å². The number of esters is 1. The quantitative estimate of drug-likeness (QED) is 0.594. The molecule has 0 saturated carbocycles. The first-order valence-corrected chi connectivity index (χ1v) is 4.83. The van der Waals surface area contributed by atoms with Gasteiger partial charge < -0.3 is 15.8 Å². The lowest BCUT2D eigenvalue weighted by molar-refractivity contribution is -0.150. The molecule has 3 N–H and O–H groups in total. The van der Waals surface area contributed by atoms with E-state index in [1.807, 2.05) is 0 Å². The average molecular weight is 222 g/mol. The van der Waals surface area contributed by atoms with Gasteiger partial charge in [0.1, 0.15) is 0 Å². The second-order valence-electron chi connectivity index (χ2n) is 3.33. The lowest BCUT2D eigenvalue weighted by Gasteiger charge is -2.13. The van der Waals surface area contributed by atoms with Crippen molar-refractivity contribution in [3.05, 3.63) is 24.3 Å². The first-order valence-electron chi connectivity index (χ1n) is 4.83. The van der Waals surface area contributed by atoms with Gasteiger partial charge in [-0.05, 0) is 19.1 Å². The summed E-state index contributed by atoms with van der Waals surface area (Å²) >= 11 is 0. The summed E-state index contributed by atoms with van der Waals surface area (Å²) in [7, 11) is 0. The third-order valence-corrected chi connectivity index (χ3v) is 1.93.